The number of aryl methyl sites for hydroxylation is 1. The standard InChI is InChI=1S/C20H15F3N4O3S/c1-13-25-18(12-30-13)14-3-6-16(7-4-14)31(28,29)26-17-11-15(20(21,22)23)5-8-19(17)27-10-2-9-24-27/h2-12,26H,1H3. The van der Waals surface area contributed by atoms with Crippen LogP contribution in [-0.2, 0) is 16.2 Å². The van der Waals surface area contributed by atoms with Crippen LogP contribution in [0.4, 0.5) is 18.9 Å². The summed E-state index contributed by atoms with van der Waals surface area (Å²) < 4.78 is 74.0. The van der Waals surface area contributed by atoms with Crippen LogP contribution in [0.3, 0.4) is 0 Å². The number of hydrogen-bond acceptors (Lipinski definition) is 5. The number of halogens is 3. The minimum atomic E-state index is -4.64. The van der Waals surface area contributed by atoms with E-state index in [1.165, 1.54) is 47.6 Å². The zero-order valence-corrected chi connectivity index (χ0v) is 16.8. The summed E-state index contributed by atoms with van der Waals surface area (Å²) in [6.07, 6.45) is -0.272. The van der Waals surface area contributed by atoms with Gasteiger partial charge in [0.1, 0.15) is 12.0 Å². The number of alkyl halides is 3. The molecule has 160 valence electrons. The second-order valence-electron chi connectivity index (χ2n) is 6.56. The molecule has 0 aliphatic carbocycles. The molecular formula is C20H15F3N4O3S. The minimum absolute atomic E-state index is 0.125. The average molecular weight is 448 g/mol. The van der Waals surface area contributed by atoms with Gasteiger partial charge in [-0.2, -0.15) is 18.3 Å². The van der Waals surface area contributed by atoms with E-state index in [0.29, 0.717) is 17.1 Å². The van der Waals surface area contributed by atoms with Gasteiger partial charge in [-0.25, -0.2) is 18.1 Å². The van der Waals surface area contributed by atoms with Gasteiger partial charge in [0.2, 0.25) is 0 Å². The minimum Gasteiger partial charge on any atom is -0.449 e. The summed E-state index contributed by atoms with van der Waals surface area (Å²) in [4.78, 5) is 4.04. The summed E-state index contributed by atoms with van der Waals surface area (Å²) in [6, 6.07) is 10.1. The third-order valence-corrected chi connectivity index (χ3v) is 5.78. The molecule has 7 nitrogen and oxygen atoms in total. The largest absolute Gasteiger partial charge is 0.449 e. The predicted octanol–water partition coefficient (Wildman–Crippen LogP) is 4.66. The van der Waals surface area contributed by atoms with Crippen LogP contribution in [0.25, 0.3) is 16.9 Å². The molecular weight excluding hydrogens is 433 g/mol. The van der Waals surface area contributed by atoms with Gasteiger partial charge in [-0.05, 0) is 36.4 Å². The number of rotatable bonds is 5. The number of benzene rings is 2. The lowest BCUT2D eigenvalue weighted by Gasteiger charge is -2.15. The van der Waals surface area contributed by atoms with Crippen LogP contribution in [-0.4, -0.2) is 23.2 Å². The second-order valence-corrected chi connectivity index (χ2v) is 8.24. The number of nitrogens with one attached hydrogen (secondary N) is 1. The molecule has 0 aliphatic rings. The number of sulfonamides is 1. The van der Waals surface area contributed by atoms with Crippen molar-refractivity contribution in [3.05, 3.63) is 78.6 Å². The topological polar surface area (TPSA) is 90.0 Å². The van der Waals surface area contributed by atoms with E-state index in [1.807, 2.05) is 0 Å². The van der Waals surface area contributed by atoms with E-state index in [0.717, 1.165) is 18.2 Å². The van der Waals surface area contributed by atoms with E-state index in [2.05, 4.69) is 14.8 Å². The van der Waals surface area contributed by atoms with Crippen LogP contribution < -0.4 is 4.72 Å². The van der Waals surface area contributed by atoms with E-state index >= 15 is 0 Å². The number of anilines is 1. The molecule has 1 N–H and O–H groups in total. The van der Waals surface area contributed by atoms with Crippen molar-refractivity contribution < 1.29 is 26.0 Å². The van der Waals surface area contributed by atoms with E-state index < -0.39 is 21.8 Å². The van der Waals surface area contributed by atoms with Crippen molar-refractivity contribution in [3.8, 4) is 16.9 Å². The van der Waals surface area contributed by atoms with Crippen LogP contribution in [0.1, 0.15) is 11.5 Å². The lowest BCUT2D eigenvalue weighted by atomic mass is 10.1. The van der Waals surface area contributed by atoms with Gasteiger partial charge in [0.05, 0.1) is 21.8 Å². The first kappa shape index (κ1) is 20.7. The number of aromatic nitrogens is 3. The first-order valence-corrected chi connectivity index (χ1v) is 10.4. The molecule has 0 spiro atoms. The van der Waals surface area contributed by atoms with Crippen LogP contribution >= 0.6 is 0 Å². The van der Waals surface area contributed by atoms with Crippen molar-refractivity contribution >= 4 is 15.7 Å². The molecule has 0 radical (unpaired) electrons. The van der Waals surface area contributed by atoms with Gasteiger partial charge >= 0.3 is 6.18 Å². The first-order chi connectivity index (χ1) is 14.6. The Hall–Kier alpha value is -3.60. The Morgan fingerprint density at radius 2 is 1.84 bits per heavy atom. The number of hydrogen-bond donors (Lipinski definition) is 1. The summed E-state index contributed by atoms with van der Waals surface area (Å²) in [5, 5.41) is 3.97. The zero-order valence-electron chi connectivity index (χ0n) is 16.0. The molecule has 4 rings (SSSR count). The van der Waals surface area contributed by atoms with E-state index in [9.17, 15) is 21.6 Å². The summed E-state index contributed by atoms with van der Waals surface area (Å²) in [6.45, 7) is 1.68. The molecule has 0 fully saturated rings. The highest BCUT2D eigenvalue weighted by atomic mass is 32.2. The molecule has 2 heterocycles. The second kappa shape index (κ2) is 7.58. The number of nitrogens with zero attached hydrogens (tertiary/aromatic N) is 3. The van der Waals surface area contributed by atoms with Crippen molar-refractivity contribution in [3.63, 3.8) is 0 Å². The van der Waals surface area contributed by atoms with Crippen LogP contribution in [0.5, 0.6) is 0 Å². The lowest BCUT2D eigenvalue weighted by molar-refractivity contribution is -0.137. The van der Waals surface area contributed by atoms with Crippen molar-refractivity contribution in [2.75, 3.05) is 4.72 Å². The molecule has 31 heavy (non-hydrogen) atoms. The summed E-state index contributed by atoms with van der Waals surface area (Å²) in [5.41, 5.74) is 0.0733. The summed E-state index contributed by atoms with van der Waals surface area (Å²) >= 11 is 0. The molecule has 0 bridgehead atoms. The Kier molecular flexibility index (Phi) is 5.05. The highest BCUT2D eigenvalue weighted by molar-refractivity contribution is 7.92. The highest BCUT2D eigenvalue weighted by Crippen LogP contribution is 2.34. The molecule has 2 aromatic heterocycles. The fourth-order valence-corrected chi connectivity index (χ4v) is 3.98. The smallest absolute Gasteiger partial charge is 0.416 e. The lowest BCUT2D eigenvalue weighted by Crippen LogP contribution is -2.16. The Labute approximate surface area is 175 Å². The molecule has 0 atom stereocenters. The molecule has 0 unspecified atom stereocenters. The van der Waals surface area contributed by atoms with E-state index in [1.54, 1.807) is 13.0 Å². The van der Waals surface area contributed by atoms with Crippen molar-refractivity contribution in [2.24, 2.45) is 0 Å². The highest BCUT2D eigenvalue weighted by Gasteiger charge is 2.32. The molecule has 2 aromatic carbocycles. The van der Waals surface area contributed by atoms with Gasteiger partial charge in [0, 0.05) is 24.9 Å². The Morgan fingerprint density at radius 1 is 1.10 bits per heavy atom. The Bertz CT molecular complexity index is 1310. The van der Waals surface area contributed by atoms with E-state index in [-0.39, 0.29) is 16.3 Å². The first-order valence-electron chi connectivity index (χ1n) is 8.90. The van der Waals surface area contributed by atoms with Crippen molar-refractivity contribution in [1.29, 1.82) is 0 Å². The maximum absolute atomic E-state index is 13.2. The summed E-state index contributed by atoms with van der Waals surface area (Å²) in [5.74, 6) is 0.462. The van der Waals surface area contributed by atoms with Gasteiger partial charge in [-0.1, -0.05) is 12.1 Å². The van der Waals surface area contributed by atoms with E-state index in [4.69, 9.17) is 4.42 Å². The van der Waals surface area contributed by atoms with Gasteiger partial charge < -0.3 is 4.42 Å². The van der Waals surface area contributed by atoms with Gasteiger partial charge in [-0.15, -0.1) is 0 Å². The van der Waals surface area contributed by atoms with Crippen molar-refractivity contribution in [2.45, 2.75) is 18.0 Å². The zero-order chi connectivity index (χ0) is 22.2. The van der Waals surface area contributed by atoms with Gasteiger partial charge in [0.15, 0.2) is 5.89 Å². The molecule has 0 amide bonds. The third kappa shape index (κ3) is 4.31. The monoisotopic (exact) mass is 448 g/mol. The van der Waals surface area contributed by atoms with Crippen molar-refractivity contribution in [1.82, 2.24) is 14.8 Å². The molecule has 0 aliphatic heterocycles. The van der Waals surface area contributed by atoms with Gasteiger partial charge in [-0.3, -0.25) is 4.72 Å². The maximum atomic E-state index is 13.2. The van der Waals surface area contributed by atoms with Crippen LogP contribution in [0, 0.1) is 6.92 Å². The molecule has 0 saturated carbocycles. The van der Waals surface area contributed by atoms with Crippen LogP contribution in [0.15, 0.2) is 76.5 Å². The SMILES string of the molecule is Cc1nc(-c2ccc(S(=O)(=O)Nc3cc(C(F)(F)F)ccc3-n3cccn3)cc2)co1. The predicted molar refractivity (Wildman–Crippen MR) is 106 cm³/mol. The fourth-order valence-electron chi connectivity index (χ4n) is 2.91. The molecule has 4 aromatic rings. The molecule has 11 heteroatoms. The quantitative estimate of drug-likeness (QED) is 0.480. The number of oxazole rings is 1. The fraction of sp³-hybridized carbons (Fsp3) is 0.100. The summed E-state index contributed by atoms with van der Waals surface area (Å²) in [7, 11) is -4.19. The molecule has 0 saturated heterocycles. The average Bonchev–Trinajstić information content (AvgIpc) is 3.39. The normalized spacial score (nSPS) is 12.1. The Balaban J connectivity index is 1.70. The maximum Gasteiger partial charge on any atom is 0.416 e. The van der Waals surface area contributed by atoms with Crippen LogP contribution in [0.2, 0.25) is 0 Å². The Morgan fingerprint density at radius 3 is 2.42 bits per heavy atom. The third-order valence-electron chi connectivity index (χ3n) is 4.40. The van der Waals surface area contributed by atoms with Gasteiger partial charge in [0.25, 0.3) is 10.0 Å².